The summed E-state index contributed by atoms with van der Waals surface area (Å²) in [4.78, 5) is 31.1. The van der Waals surface area contributed by atoms with Gasteiger partial charge in [0.15, 0.2) is 9.84 Å². The first kappa shape index (κ1) is 27.7. The molecule has 2 heterocycles. The molecule has 0 amide bonds. The molecular weight excluding hydrogens is 521 g/mol. The normalized spacial score (nSPS) is 17.3. The van der Waals surface area contributed by atoms with Crippen LogP contribution in [0, 0.1) is 5.92 Å². The molecule has 0 aliphatic carbocycles. The first-order valence-corrected chi connectivity index (χ1v) is 13.6. The van der Waals surface area contributed by atoms with Gasteiger partial charge >= 0.3 is 12.1 Å². The van der Waals surface area contributed by atoms with E-state index in [2.05, 4.69) is 4.98 Å². The Bertz CT molecular complexity index is 1530. The van der Waals surface area contributed by atoms with Crippen LogP contribution in [0.25, 0.3) is 22.2 Å². The lowest BCUT2D eigenvalue weighted by Gasteiger charge is -2.31. The molecule has 1 fully saturated rings. The lowest BCUT2D eigenvalue weighted by Crippen LogP contribution is -2.39. The van der Waals surface area contributed by atoms with Gasteiger partial charge in [-0.15, -0.1) is 0 Å². The van der Waals surface area contributed by atoms with Gasteiger partial charge in [-0.05, 0) is 44.2 Å². The van der Waals surface area contributed by atoms with Crippen LogP contribution in [-0.4, -0.2) is 53.5 Å². The van der Waals surface area contributed by atoms with Crippen molar-refractivity contribution in [2.45, 2.75) is 50.1 Å². The number of carbonyl (C=O) groups excluding carboxylic acids is 1. The van der Waals surface area contributed by atoms with Crippen LogP contribution in [-0.2, 0) is 27.4 Å². The number of piperidine rings is 1. The Morgan fingerprint density at radius 3 is 2.50 bits per heavy atom. The summed E-state index contributed by atoms with van der Waals surface area (Å²) in [6, 6.07) is 8.46. The van der Waals surface area contributed by atoms with Gasteiger partial charge in [-0.3, -0.25) is 9.69 Å². The number of aromatic nitrogens is 1. The second-order valence-electron chi connectivity index (χ2n) is 9.82. The van der Waals surface area contributed by atoms with E-state index in [9.17, 15) is 36.3 Å². The van der Waals surface area contributed by atoms with E-state index in [1.807, 2.05) is 4.90 Å². The summed E-state index contributed by atoms with van der Waals surface area (Å²) in [5, 5.41) is 9.64. The Labute approximate surface area is 218 Å². The number of sulfone groups is 1. The summed E-state index contributed by atoms with van der Waals surface area (Å²) < 4.78 is 66.2. The number of halogens is 3. The van der Waals surface area contributed by atoms with Crippen molar-refractivity contribution in [1.29, 1.82) is 0 Å². The van der Waals surface area contributed by atoms with Crippen molar-refractivity contribution < 1.29 is 36.3 Å². The van der Waals surface area contributed by atoms with Crippen molar-refractivity contribution in [3.8, 4) is 11.3 Å². The highest BCUT2D eigenvalue weighted by atomic mass is 32.2. The standard InChI is InChI=1S/C27H27F3N2O5S/c1-15(2)38(36,37)19-7-8-22-20(12-19)24(26(34)35)21(14-32-10-9-23(33)16(3)13-32)25(31-22)17-5-4-6-18(11-17)27(28,29)30/h4-8,11-12,15-16H,9-10,13-14H2,1-3H3,(H,34,35). The maximum absolute atomic E-state index is 13.5. The van der Waals surface area contributed by atoms with E-state index >= 15 is 0 Å². The van der Waals surface area contributed by atoms with Crippen LogP contribution in [0.2, 0.25) is 0 Å². The number of benzene rings is 2. The second kappa shape index (κ2) is 10.1. The van der Waals surface area contributed by atoms with Gasteiger partial charge in [-0.1, -0.05) is 19.1 Å². The van der Waals surface area contributed by atoms with Crippen molar-refractivity contribution in [3.05, 3.63) is 59.2 Å². The van der Waals surface area contributed by atoms with E-state index in [1.54, 1.807) is 6.92 Å². The zero-order valence-corrected chi connectivity index (χ0v) is 21.9. The topological polar surface area (TPSA) is 105 Å². The van der Waals surface area contributed by atoms with E-state index in [-0.39, 0.29) is 62.8 Å². The van der Waals surface area contributed by atoms with Gasteiger partial charge in [0.1, 0.15) is 5.78 Å². The smallest absolute Gasteiger partial charge is 0.416 e. The minimum Gasteiger partial charge on any atom is -0.478 e. The van der Waals surface area contributed by atoms with Crippen LogP contribution in [0.4, 0.5) is 13.2 Å². The summed E-state index contributed by atoms with van der Waals surface area (Å²) >= 11 is 0. The SMILES string of the molecule is CC1CN(Cc2c(-c3cccc(C(F)(F)F)c3)nc3ccc(S(=O)(=O)C(C)C)cc3c2C(=O)O)CCC1=O. The number of pyridine rings is 1. The van der Waals surface area contributed by atoms with E-state index in [1.165, 1.54) is 44.2 Å². The molecule has 1 aliphatic rings. The average molecular weight is 549 g/mol. The first-order chi connectivity index (χ1) is 17.7. The molecule has 2 aromatic carbocycles. The number of carboxylic acids is 1. The third kappa shape index (κ3) is 5.30. The summed E-state index contributed by atoms with van der Waals surface area (Å²) in [5.41, 5.74) is -0.694. The number of nitrogens with zero attached hydrogens (tertiary/aromatic N) is 2. The molecule has 0 bridgehead atoms. The van der Waals surface area contributed by atoms with E-state index in [0.717, 1.165) is 12.1 Å². The average Bonchev–Trinajstić information content (AvgIpc) is 2.84. The number of alkyl halides is 3. The second-order valence-corrected chi connectivity index (χ2v) is 12.3. The van der Waals surface area contributed by atoms with Crippen LogP contribution in [0.3, 0.4) is 0 Å². The van der Waals surface area contributed by atoms with Gasteiger partial charge < -0.3 is 5.11 Å². The van der Waals surface area contributed by atoms with Crippen molar-refractivity contribution in [2.75, 3.05) is 13.1 Å². The van der Waals surface area contributed by atoms with Crippen LogP contribution < -0.4 is 0 Å². The largest absolute Gasteiger partial charge is 0.478 e. The zero-order chi connectivity index (χ0) is 28.0. The van der Waals surface area contributed by atoms with Crippen LogP contribution >= 0.6 is 0 Å². The quantitative estimate of drug-likeness (QED) is 0.451. The molecule has 1 aromatic heterocycles. The van der Waals surface area contributed by atoms with Gasteiger partial charge in [-0.2, -0.15) is 13.2 Å². The summed E-state index contributed by atoms with van der Waals surface area (Å²) in [5.74, 6) is -1.57. The number of hydrogen-bond acceptors (Lipinski definition) is 6. The van der Waals surface area contributed by atoms with Crippen molar-refractivity contribution in [3.63, 3.8) is 0 Å². The van der Waals surface area contributed by atoms with E-state index in [4.69, 9.17) is 0 Å². The third-order valence-corrected chi connectivity index (χ3v) is 8.97. The fraction of sp³-hybridized carbons (Fsp3) is 0.370. The van der Waals surface area contributed by atoms with Gasteiger partial charge in [-0.25, -0.2) is 18.2 Å². The Balaban J connectivity index is 2.01. The van der Waals surface area contributed by atoms with E-state index in [0.29, 0.717) is 13.1 Å². The lowest BCUT2D eigenvalue weighted by atomic mass is 9.93. The number of likely N-dealkylation sites (tertiary alicyclic amines) is 1. The fourth-order valence-corrected chi connectivity index (χ4v) is 5.76. The number of carboxylic acid groups (broad SMARTS) is 1. The predicted molar refractivity (Wildman–Crippen MR) is 136 cm³/mol. The maximum atomic E-state index is 13.5. The molecule has 1 atom stereocenters. The van der Waals surface area contributed by atoms with Crippen LogP contribution in [0.15, 0.2) is 47.4 Å². The highest BCUT2D eigenvalue weighted by Gasteiger charge is 2.32. The molecule has 1 saturated heterocycles. The van der Waals surface area contributed by atoms with Crippen LogP contribution in [0.1, 0.15) is 48.7 Å². The summed E-state index contributed by atoms with van der Waals surface area (Å²) in [6.07, 6.45) is -4.36. The predicted octanol–water partition coefficient (Wildman–Crippen LogP) is 5.21. The Morgan fingerprint density at radius 1 is 1.18 bits per heavy atom. The highest BCUT2D eigenvalue weighted by molar-refractivity contribution is 7.92. The van der Waals surface area contributed by atoms with Crippen LogP contribution in [0.5, 0.6) is 0 Å². The highest BCUT2D eigenvalue weighted by Crippen LogP contribution is 2.36. The zero-order valence-electron chi connectivity index (χ0n) is 21.0. The minimum atomic E-state index is -4.62. The maximum Gasteiger partial charge on any atom is 0.416 e. The minimum absolute atomic E-state index is 0.00886. The van der Waals surface area contributed by atoms with Gasteiger partial charge in [0.05, 0.1) is 32.5 Å². The molecule has 1 aliphatic heterocycles. The molecule has 0 spiro atoms. The van der Waals surface area contributed by atoms with Gasteiger partial charge in [0.2, 0.25) is 0 Å². The number of aromatic carboxylic acids is 1. The molecule has 202 valence electrons. The van der Waals surface area contributed by atoms with Crippen molar-refractivity contribution in [1.82, 2.24) is 9.88 Å². The number of fused-ring (bicyclic) bond motifs is 1. The Hall–Kier alpha value is -3.31. The number of ketones is 1. The van der Waals surface area contributed by atoms with Gasteiger partial charge in [0, 0.05) is 48.5 Å². The number of carbonyl (C=O) groups is 2. The number of Topliss-reactive ketones (excluding diaryl/α,β-unsaturated/α-hetero) is 1. The summed E-state index contributed by atoms with van der Waals surface area (Å²) in [6.45, 7) is 5.49. The number of hydrogen-bond donors (Lipinski definition) is 1. The monoisotopic (exact) mass is 548 g/mol. The number of rotatable bonds is 6. The molecule has 7 nitrogen and oxygen atoms in total. The Kier molecular flexibility index (Phi) is 7.37. The van der Waals surface area contributed by atoms with Crippen molar-refractivity contribution in [2.24, 2.45) is 5.92 Å². The molecule has 4 rings (SSSR count). The molecule has 3 aromatic rings. The van der Waals surface area contributed by atoms with Crippen molar-refractivity contribution >= 4 is 32.5 Å². The molecule has 1 unspecified atom stereocenters. The van der Waals surface area contributed by atoms with Gasteiger partial charge in [0.25, 0.3) is 0 Å². The first-order valence-electron chi connectivity index (χ1n) is 12.1. The molecule has 0 saturated carbocycles. The molecule has 11 heteroatoms. The lowest BCUT2D eigenvalue weighted by molar-refractivity contribution is -0.137. The molecule has 38 heavy (non-hydrogen) atoms. The fourth-order valence-electron chi connectivity index (χ4n) is 4.67. The van der Waals surface area contributed by atoms with E-state index < -0.39 is 32.8 Å². The Morgan fingerprint density at radius 2 is 1.89 bits per heavy atom. The summed E-state index contributed by atoms with van der Waals surface area (Å²) in [7, 11) is -3.74. The molecular formula is C27H27F3N2O5S. The molecule has 1 N–H and O–H groups in total. The molecule has 0 radical (unpaired) electrons. The third-order valence-electron chi connectivity index (χ3n) is 6.82.